The van der Waals surface area contributed by atoms with E-state index in [9.17, 15) is 4.79 Å². The molecule has 0 saturated carbocycles. The Hall–Kier alpha value is -1.77. The average Bonchev–Trinajstić information content (AvgIpc) is 2.12. The second kappa shape index (κ2) is 4.64. The Morgan fingerprint density at radius 1 is 1.47 bits per heavy atom. The van der Waals surface area contributed by atoms with Crippen molar-refractivity contribution in [1.29, 1.82) is 0 Å². The second-order valence-corrected chi connectivity index (χ2v) is 3.77. The fourth-order valence-corrected chi connectivity index (χ4v) is 1.28. The molecule has 0 atom stereocenters. The molecule has 1 amide bonds. The van der Waals surface area contributed by atoms with Crippen molar-refractivity contribution in [3.63, 3.8) is 0 Å². The monoisotopic (exact) mass is 204 g/mol. The third kappa shape index (κ3) is 3.46. The van der Waals surface area contributed by atoms with Gasteiger partial charge in [0.25, 0.3) is 5.91 Å². The molecule has 0 spiro atoms. The first-order valence-electron chi connectivity index (χ1n) is 4.79. The molecule has 0 aliphatic rings. The van der Waals surface area contributed by atoms with Crippen molar-refractivity contribution in [3.05, 3.63) is 41.5 Å². The highest BCUT2D eigenvalue weighted by Gasteiger charge is 2.05. The Balaban J connectivity index is 2.77. The van der Waals surface area contributed by atoms with Gasteiger partial charge >= 0.3 is 0 Å². The number of rotatable bonds is 3. The molecule has 15 heavy (non-hydrogen) atoms. The van der Waals surface area contributed by atoms with E-state index in [-0.39, 0.29) is 5.91 Å². The summed E-state index contributed by atoms with van der Waals surface area (Å²) in [6.07, 6.45) is 0. The zero-order chi connectivity index (χ0) is 11.4. The van der Waals surface area contributed by atoms with Gasteiger partial charge in [0.1, 0.15) is 0 Å². The molecule has 80 valence electrons. The molecule has 3 nitrogen and oxygen atoms in total. The number of nitrogens with one attached hydrogen (secondary N) is 1. The minimum absolute atomic E-state index is 0.117. The predicted octanol–water partition coefficient (Wildman–Crippen LogP) is 1.88. The van der Waals surface area contributed by atoms with Gasteiger partial charge in [0.15, 0.2) is 0 Å². The SMILES string of the molecule is C=C(C)CNC(=O)c1cc(C)cc(N)c1. The average molecular weight is 204 g/mol. The van der Waals surface area contributed by atoms with E-state index in [4.69, 9.17) is 5.73 Å². The number of nitrogens with two attached hydrogens (primary N) is 1. The van der Waals surface area contributed by atoms with E-state index in [1.807, 2.05) is 26.0 Å². The minimum Gasteiger partial charge on any atom is -0.399 e. The van der Waals surface area contributed by atoms with Crippen LogP contribution in [0.5, 0.6) is 0 Å². The van der Waals surface area contributed by atoms with Gasteiger partial charge in [-0.05, 0) is 37.6 Å². The third-order valence-electron chi connectivity index (χ3n) is 1.91. The number of aryl methyl sites for hydroxylation is 1. The Kier molecular flexibility index (Phi) is 3.50. The molecule has 3 heteroatoms. The molecular weight excluding hydrogens is 188 g/mol. The van der Waals surface area contributed by atoms with Gasteiger partial charge in [-0.2, -0.15) is 0 Å². The van der Waals surface area contributed by atoms with Gasteiger partial charge in [0.05, 0.1) is 0 Å². The number of amides is 1. The van der Waals surface area contributed by atoms with Gasteiger partial charge in [-0.3, -0.25) is 4.79 Å². The molecule has 0 unspecified atom stereocenters. The maximum atomic E-state index is 11.6. The maximum absolute atomic E-state index is 11.6. The Morgan fingerprint density at radius 2 is 2.13 bits per heavy atom. The van der Waals surface area contributed by atoms with Crippen LogP contribution in [0, 0.1) is 6.92 Å². The van der Waals surface area contributed by atoms with E-state index >= 15 is 0 Å². The highest BCUT2D eigenvalue weighted by molar-refractivity contribution is 5.95. The quantitative estimate of drug-likeness (QED) is 0.583. The molecule has 1 rings (SSSR count). The van der Waals surface area contributed by atoms with Crippen LogP contribution in [0.3, 0.4) is 0 Å². The summed E-state index contributed by atoms with van der Waals surface area (Å²) in [5.74, 6) is -0.117. The number of benzene rings is 1. The lowest BCUT2D eigenvalue weighted by Crippen LogP contribution is -2.24. The first-order valence-corrected chi connectivity index (χ1v) is 4.79. The standard InChI is InChI=1S/C12H16N2O/c1-8(2)7-14-12(15)10-4-9(3)5-11(13)6-10/h4-6H,1,7,13H2,2-3H3,(H,14,15). The highest BCUT2D eigenvalue weighted by Crippen LogP contribution is 2.10. The Labute approximate surface area is 90.0 Å². The number of hydrogen-bond donors (Lipinski definition) is 2. The topological polar surface area (TPSA) is 55.1 Å². The van der Waals surface area contributed by atoms with Crippen molar-refractivity contribution in [3.8, 4) is 0 Å². The van der Waals surface area contributed by atoms with E-state index in [1.54, 1.807) is 6.07 Å². The molecule has 0 aliphatic carbocycles. The highest BCUT2D eigenvalue weighted by atomic mass is 16.1. The smallest absolute Gasteiger partial charge is 0.251 e. The van der Waals surface area contributed by atoms with Crippen LogP contribution in [0.4, 0.5) is 5.69 Å². The molecule has 0 fully saturated rings. The number of carbonyl (C=O) groups excluding carboxylic acids is 1. The van der Waals surface area contributed by atoms with Gasteiger partial charge in [0.2, 0.25) is 0 Å². The summed E-state index contributed by atoms with van der Waals surface area (Å²) in [5, 5.41) is 2.76. The van der Waals surface area contributed by atoms with Crippen LogP contribution in [0.2, 0.25) is 0 Å². The van der Waals surface area contributed by atoms with Crippen LogP contribution in [-0.4, -0.2) is 12.5 Å². The fraction of sp³-hybridized carbons (Fsp3) is 0.250. The van der Waals surface area contributed by atoms with Crippen molar-refractivity contribution in [2.24, 2.45) is 0 Å². The lowest BCUT2D eigenvalue weighted by atomic mass is 10.1. The first-order chi connectivity index (χ1) is 6.99. The summed E-state index contributed by atoms with van der Waals surface area (Å²) in [6, 6.07) is 5.31. The fourth-order valence-electron chi connectivity index (χ4n) is 1.28. The van der Waals surface area contributed by atoms with E-state index < -0.39 is 0 Å². The minimum atomic E-state index is -0.117. The molecule has 3 N–H and O–H groups in total. The number of nitrogen functional groups attached to an aromatic ring is 1. The lowest BCUT2D eigenvalue weighted by molar-refractivity contribution is 0.0957. The lowest BCUT2D eigenvalue weighted by Gasteiger charge is -2.06. The summed E-state index contributed by atoms with van der Waals surface area (Å²) >= 11 is 0. The Morgan fingerprint density at radius 3 is 2.67 bits per heavy atom. The van der Waals surface area contributed by atoms with E-state index in [1.165, 1.54) is 0 Å². The van der Waals surface area contributed by atoms with Crippen LogP contribution in [0.1, 0.15) is 22.8 Å². The summed E-state index contributed by atoms with van der Waals surface area (Å²) in [5.41, 5.74) is 8.76. The van der Waals surface area contributed by atoms with Gasteiger partial charge in [-0.15, -0.1) is 0 Å². The molecule has 0 bridgehead atoms. The summed E-state index contributed by atoms with van der Waals surface area (Å²) in [4.78, 5) is 11.6. The number of carbonyl (C=O) groups is 1. The van der Waals surface area contributed by atoms with E-state index in [0.29, 0.717) is 17.8 Å². The van der Waals surface area contributed by atoms with Crippen molar-refractivity contribution in [2.75, 3.05) is 12.3 Å². The van der Waals surface area contributed by atoms with Crippen molar-refractivity contribution < 1.29 is 4.79 Å². The molecular formula is C12H16N2O. The van der Waals surface area contributed by atoms with Crippen LogP contribution in [0.25, 0.3) is 0 Å². The normalized spacial score (nSPS) is 9.73. The molecule has 1 aromatic rings. The first kappa shape index (κ1) is 11.3. The van der Waals surface area contributed by atoms with Gasteiger partial charge in [-0.1, -0.05) is 12.2 Å². The second-order valence-electron chi connectivity index (χ2n) is 3.77. The maximum Gasteiger partial charge on any atom is 0.251 e. The number of hydrogen-bond acceptors (Lipinski definition) is 2. The number of anilines is 1. The predicted molar refractivity (Wildman–Crippen MR) is 62.7 cm³/mol. The van der Waals surface area contributed by atoms with Crippen molar-refractivity contribution >= 4 is 11.6 Å². The zero-order valence-corrected chi connectivity index (χ0v) is 9.13. The van der Waals surface area contributed by atoms with Crippen LogP contribution < -0.4 is 11.1 Å². The Bertz CT molecular complexity index is 376. The summed E-state index contributed by atoms with van der Waals surface area (Å²) < 4.78 is 0. The summed E-state index contributed by atoms with van der Waals surface area (Å²) in [6.45, 7) is 7.98. The van der Waals surface area contributed by atoms with Crippen LogP contribution in [-0.2, 0) is 0 Å². The van der Waals surface area contributed by atoms with Crippen LogP contribution >= 0.6 is 0 Å². The molecule has 0 aliphatic heterocycles. The van der Waals surface area contributed by atoms with E-state index in [0.717, 1.165) is 11.1 Å². The largest absolute Gasteiger partial charge is 0.399 e. The van der Waals surface area contributed by atoms with Crippen molar-refractivity contribution in [1.82, 2.24) is 5.32 Å². The molecule has 1 aromatic carbocycles. The van der Waals surface area contributed by atoms with Gasteiger partial charge < -0.3 is 11.1 Å². The molecule has 0 saturated heterocycles. The van der Waals surface area contributed by atoms with E-state index in [2.05, 4.69) is 11.9 Å². The van der Waals surface area contributed by atoms with Gasteiger partial charge in [0, 0.05) is 17.8 Å². The summed E-state index contributed by atoms with van der Waals surface area (Å²) in [7, 11) is 0. The molecule has 0 radical (unpaired) electrons. The van der Waals surface area contributed by atoms with Crippen LogP contribution in [0.15, 0.2) is 30.4 Å². The third-order valence-corrected chi connectivity index (χ3v) is 1.91. The molecule has 0 aromatic heterocycles. The van der Waals surface area contributed by atoms with Crippen molar-refractivity contribution in [2.45, 2.75) is 13.8 Å². The molecule has 0 heterocycles. The van der Waals surface area contributed by atoms with Gasteiger partial charge in [-0.25, -0.2) is 0 Å². The zero-order valence-electron chi connectivity index (χ0n) is 9.13.